The van der Waals surface area contributed by atoms with Crippen molar-refractivity contribution in [1.29, 1.82) is 5.26 Å². The van der Waals surface area contributed by atoms with Crippen LogP contribution in [-0.2, 0) is 9.59 Å². The van der Waals surface area contributed by atoms with Gasteiger partial charge in [-0.05, 0) is 42.5 Å². The zero-order valence-corrected chi connectivity index (χ0v) is 13.7. The number of likely N-dealkylation sites (N-methyl/N-ethyl adjacent to an activating group) is 1. The van der Waals surface area contributed by atoms with E-state index in [9.17, 15) is 14.0 Å². The highest BCUT2D eigenvalue weighted by Crippen LogP contribution is 2.09. The number of quaternary nitrogens is 1. The molecule has 0 saturated carbocycles. The first-order valence-electron chi connectivity index (χ1n) is 7.63. The number of carbonyl (C=O) groups is 2. The van der Waals surface area contributed by atoms with Crippen molar-refractivity contribution in [3.63, 3.8) is 0 Å². The molecule has 2 aromatic carbocycles. The average molecular weight is 341 g/mol. The Kier molecular flexibility index (Phi) is 6.20. The second-order valence-electron chi connectivity index (χ2n) is 5.61. The Morgan fingerprint density at radius 3 is 2.20 bits per heavy atom. The fourth-order valence-corrected chi connectivity index (χ4v) is 2.22. The summed E-state index contributed by atoms with van der Waals surface area (Å²) in [6, 6.07) is 14.1. The van der Waals surface area contributed by atoms with Crippen LogP contribution in [0.15, 0.2) is 48.5 Å². The number of benzene rings is 2. The molecule has 3 N–H and O–H groups in total. The van der Waals surface area contributed by atoms with Crippen LogP contribution in [0.1, 0.15) is 5.56 Å². The maximum atomic E-state index is 13.1. The number of rotatable bonds is 6. The minimum Gasteiger partial charge on any atom is -0.322 e. The summed E-state index contributed by atoms with van der Waals surface area (Å²) in [5.74, 6) is -0.990. The first kappa shape index (κ1) is 18.1. The van der Waals surface area contributed by atoms with E-state index in [2.05, 4.69) is 10.6 Å². The molecule has 0 aliphatic heterocycles. The summed E-state index contributed by atoms with van der Waals surface area (Å²) in [4.78, 5) is 24.6. The molecule has 7 heteroatoms. The first-order valence-corrected chi connectivity index (χ1v) is 7.63. The van der Waals surface area contributed by atoms with Gasteiger partial charge in [-0.25, -0.2) is 4.39 Å². The predicted octanol–water partition coefficient (Wildman–Crippen LogP) is 0.789. The molecule has 25 heavy (non-hydrogen) atoms. The van der Waals surface area contributed by atoms with Gasteiger partial charge in [-0.2, -0.15) is 5.26 Å². The van der Waals surface area contributed by atoms with Gasteiger partial charge in [-0.15, -0.1) is 0 Å². The predicted molar refractivity (Wildman–Crippen MR) is 91.4 cm³/mol. The summed E-state index contributed by atoms with van der Waals surface area (Å²) >= 11 is 0. The van der Waals surface area contributed by atoms with E-state index in [1.807, 2.05) is 6.07 Å². The molecule has 6 nitrogen and oxygen atoms in total. The smallest absolute Gasteiger partial charge is 0.279 e. The van der Waals surface area contributed by atoms with Gasteiger partial charge in [-0.3, -0.25) is 9.59 Å². The van der Waals surface area contributed by atoms with Crippen molar-refractivity contribution in [2.24, 2.45) is 0 Å². The maximum Gasteiger partial charge on any atom is 0.279 e. The van der Waals surface area contributed by atoms with Crippen LogP contribution in [0.2, 0.25) is 0 Å². The molecule has 1 unspecified atom stereocenters. The molecule has 2 aromatic rings. The van der Waals surface area contributed by atoms with Crippen LogP contribution < -0.4 is 15.5 Å². The van der Waals surface area contributed by atoms with E-state index in [0.29, 0.717) is 21.8 Å². The van der Waals surface area contributed by atoms with Gasteiger partial charge in [0.1, 0.15) is 5.82 Å². The topological polar surface area (TPSA) is 86.4 Å². The summed E-state index contributed by atoms with van der Waals surface area (Å²) < 4.78 is 13.1. The monoisotopic (exact) mass is 341 g/mol. The molecule has 128 valence electrons. The molecule has 2 rings (SSSR count). The Balaban J connectivity index is 1.80. The Bertz CT molecular complexity index is 799. The lowest BCUT2D eigenvalue weighted by molar-refractivity contribution is -0.862. The van der Waals surface area contributed by atoms with Crippen LogP contribution in [-0.4, -0.2) is 32.0 Å². The number of nitrogens with one attached hydrogen (secondary N) is 3. The van der Waals surface area contributed by atoms with Crippen molar-refractivity contribution in [2.75, 3.05) is 30.8 Å². The van der Waals surface area contributed by atoms with Gasteiger partial charge >= 0.3 is 0 Å². The lowest BCUT2D eigenvalue weighted by atomic mass is 10.2. The van der Waals surface area contributed by atoms with Crippen molar-refractivity contribution < 1.29 is 18.9 Å². The van der Waals surface area contributed by atoms with Crippen LogP contribution in [0, 0.1) is 17.1 Å². The molecule has 0 aliphatic rings. The molecule has 0 bridgehead atoms. The zero-order valence-electron chi connectivity index (χ0n) is 13.7. The van der Waals surface area contributed by atoms with E-state index in [1.165, 1.54) is 18.2 Å². The summed E-state index contributed by atoms with van der Waals surface area (Å²) in [5, 5.41) is 14.0. The lowest BCUT2D eigenvalue weighted by Crippen LogP contribution is -3.11. The van der Waals surface area contributed by atoms with Crippen molar-refractivity contribution >= 4 is 23.2 Å². The van der Waals surface area contributed by atoms with E-state index in [0.717, 1.165) is 0 Å². The van der Waals surface area contributed by atoms with Crippen molar-refractivity contribution in [3.8, 4) is 6.07 Å². The van der Waals surface area contributed by atoms with Gasteiger partial charge in [0.05, 0.1) is 18.7 Å². The molecular weight excluding hydrogens is 323 g/mol. The van der Waals surface area contributed by atoms with Crippen LogP contribution in [0.25, 0.3) is 0 Å². The molecule has 0 spiro atoms. The standard InChI is InChI=1S/C18H17FN4O2/c1-23(12-18(25)22-16-4-2-3-14(19)9-16)11-17(24)21-15-7-5-13(10-20)6-8-15/h2-9H,11-12H2,1H3,(H,21,24)(H,22,25)/p+1. The largest absolute Gasteiger partial charge is 0.322 e. The molecule has 0 heterocycles. The first-order chi connectivity index (χ1) is 12.0. The van der Waals surface area contributed by atoms with Gasteiger partial charge in [-0.1, -0.05) is 6.07 Å². The third-order valence-electron chi connectivity index (χ3n) is 3.33. The highest BCUT2D eigenvalue weighted by atomic mass is 19.1. The summed E-state index contributed by atoms with van der Waals surface area (Å²) in [7, 11) is 1.71. The van der Waals surface area contributed by atoms with Crippen LogP contribution in [0.4, 0.5) is 15.8 Å². The van der Waals surface area contributed by atoms with E-state index < -0.39 is 5.82 Å². The van der Waals surface area contributed by atoms with Crippen LogP contribution in [0.3, 0.4) is 0 Å². The second-order valence-corrected chi connectivity index (χ2v) is 5.61. The number of nitrogens with zero attached hydrogens (tertiary/aromatic N) is 1. The van der Waals surface area contributed by atoms with E-state index >= 15 is 0 Å². The second kappa shape index (κ2) is 8.57. The van der Waals surface area contributed by atoms with Crippen molar-refractivity contribution in [1.82, 2.24) is 0 Å². The zero-order chi connectivity index (χ0) is 18.2. The Labute approximate surface area is 144 Å². The molecule has 0 saturated heterocycles. The van der Waals surface area contributed by atoms with Crippen molar-refractivity contribution in [3.05, 3.63) is 59.9 Å². The molecule has 0 fully saturated rings. The van der Waals surface area contributed by atoms with Crippen LogP contribution in [0.5, 0.6) is 0 Å². The molecule has 0 radical (unpaired) electrons. The summed E-state index contributed by atoms with van der Waals surface area (Å²) in [6.07, 6.45) is 0. The van der Waals surface area contributed by atoms with E-state index in [-0.39, 0.29) is 24.9 Å². The summed E-state index contributed by atoms with van der Waals surface area (Å²) in [5.41, 5.74) is 1.47. The van der Waals surface area contributed by atoms with Crippen LogP contribution >= 0.6 is 0 Å². The highest BCUT2D eigenvalue weighted by Gasteiger charge is 2.14. The van der Waals surface area contributed by atoms with Gasteiger partial charge in [0.25, 0.3) is 11.8 Å². The Morgan fingerprint density at radius 1 is 1.04 bits per heavy atom. The minimum absolute atomic E-state index is 0.0668. The van der Waals surface area contributed by atoms with E-state index in [1.54, 1.807) is 37.4 Å². The highest BCUT2D eigenvalue weighted by molar-refractivity contribution is 5.93. The Morgan fingerprint density at radius 2 is 1.64 bits per heavy atom. The van der Waals surface area contributed by atoms with Gasteiger partial charge in [0, 0.05) is 11.4 Å². The van der Waals surface area contributed by atoms with Gasteiger partial charge in [0.2, 0.25) is 0 Å². The summed E-state index contributed by atoms with van der Waals surface area (Å²) in [6.45, 7) is 0.161. The lowest BCUT2D eigenvalue weighted by Gasteiger charge is -2.14. The molecule has 1 atom stereocenters. The molecule has 0 aromatic heterocycles. The van der Waals surface area contributed by atoms with E-state index in [4.69, 9.17) is 5.26 Å². The number of halogens is 1. The molecule has 2 amide bonds. The van der Waals surface area contributed by atoms with Crippen molar-refractivity contribution in [2.45, 2.75) is 0 Å². The number of hydrogen-bond donors (Lipinski definition) is 3. The third kappa shape index (κ3) is 6.05. The third-order valence-corrected chi connectivity index (χ3v) is 3.33. The maximum absolute atomic E-state index is 13.1. The van der Waals surface area contributed by atoms with Gasteiger partial charge < -0.3 is 15.5 Å². The molecular formula is C18H18FN4O2+. The number of anilines is 2. The number of carbonyl (C=O) groups excluding carboxylic acids is 2. The van der Waals surface area contributed by atoms with Gasteiger partial charge in [0.15, 0.2) is 13.1 Å². The normalized spacial score (nSPS) is 11.2. The minimum atomic E-state index is -0.430. The quantitative estimate of drug-likeness (QED) is 0.726. The number of amides is 2. The fourth-order valence-electron chi connectivity index (χ4n) is 2.22. The Hall–Kier alpha value is -3.24. The average Bonchev–Trinajstić information content (AvgIpc) is 2.55. The fraction of sp³-hybridized carbons (Fsp3) is 0.167. The number of hydrogen-bond acceptors (Lipinski definition) is 3. The SMILES string of the molecule is C[NH+](CC(=O)Nc1ccc(C#N)cc1)CC(=O)Nc1cccc(F)c1. The number of nitriles is 1. The molecule has 0 aliphatic carbocycles.